The fourth-order valence-corrected chi connectivity index (χ4v) is 2.35. The summed E-state index contributed by atoms with van der Waals surface area (Å²) in [6, 6.07) is 10.8. The smallest absolute Gasteiger partial charge is 0.126 e. The van der Waals surface area contributed by atoms with Gasteiger partial charge in [0.2, 0.25) is 0 Å². The summed E-state index contributed by atoms with van der Waals surface area (Å²) in [5.41, 5.74) is 7.34. The Hall–Kier alpha value is -2.02. The monoisotopic (exact) mass is 252 g/mol. The summed E-state index contributed by atoms with van der Waals surface area (Å²) >= 11 is 0. The second-order valence-electron chi connectivity index (χ2n) is 4.93. The zero-order valence-corrected chi connectivity index (χ0v) is 12.1. The number of aryl methyl sites for hydroxylation is 3. The van der Waals surface area contributed by atoms with Crippen LogP contribution in [0, 0.1) is 20.8 Å². The topological polar surface area (TPSA) is 9.23 Å². The van der Waals surface area contributed by atoms with Crippen molar-refractivity contribution >= 4 is 6.08 Å². The van der Waals surface area contributed by atoms with Crippen molar-refractivity contribution in [3.63, 3.8) is 0 Å². The van der Waals surface area contributed by atoms with Crippen LogP contribution in [0.2, 0.25) is 0 Å². The molecule has 0 atom stereocenters. The third kappa shape index (κ3) is 2.55. The predicted molar refractivity (Wildman–Crippen MR) is 82.7 cm³/mol. The summed E-state index contributed by atoms with van der Waals surface area (Å²) in [7, 11) is 1.69. The molecule has 0 fully saturated rings. The van der Waals surface area contributed by atoms with Crippen LogP contribution in [-0.2, 0) is 0 Å². The first-order chi connectivity index (χ1) is 9.06. The summed E-state index contributed by atoms with van der Waals surface area (Å²) in [4.78, 5) is 0. The molecular formula is C18H20O. The van der Waals surface area contributed by atoms with Gasteiger partial charge in [0.1, 0.15) is 5.75 Å². The van der Waals surface area contributed by atoms with E-state index in [4.69, 9.17) is 4.74 Å². The lowest BCUT2D eigenvalue weighted by atomic mass is 9.93. The third-order valence-corrected chi connectivity index (χ3v) is 3.48. The molecule has 98 valence electrons. The number of ether oxygens (including phenoxy) is 1. The molecule has 0 heterocycles. The average Bonchev–Trinajstić information content (AvgIpc) is 2.41. The standard InChI is InChI=1S/C18H20O/c1-6-15-11-17(14(4)10-18(15)19-5)16-9-12(2)7-8-13(16)3/h6-11H,1H2,2-5H3. The lowest BCUT2D eigenvalue weighted by Crippen LogP contribution is -1.93. The van der Waals surface area contributed by atoms with Gasteiger partial charge in [-0.3, -0.25) is 0 Å². The molecule has 0 radical (unpaired) electrons. The Bertz CT molecular complexity index is 624. The highest BCUT2D eigenvalue weighted by Gasteiger charge is 2.09. The van der Waals surface area contributed by atoms with Gasteiger partial charge in [0.25, 0.3) is 0 Å². The summed E-state index contributed by atoms with van der Waals surface area (Å²) in [5.74, 6) is 0.876. The molecule has 19 heavy (non-hydrogen) atoms. The Kier molecular flexibility index (Phi) is 3.75. The molecule has 2 rings (SSSR count). The van der Waals surface area contributed by atoms with Crippen molar-refractivity contribution in [2.75, 3.05) is 7.11 Å². The van der Waals surface area contributed by atoms with Crippen molar-refractivity contribution < 1.29 is 4.74 Å². The normalized spacial score (nSPS) is 10.3. The van der Waals surface area contributed by atoms with E-state index in [1.165, 1.54) is 27.8 Å². The summed E-state index contributed by atoms with van der Waals surface area (Å²) in [6.07, 6.45) is 1.84. The largest absolute Gasteiger partial charge is 0.496 e. The molecule has 1 heteroatoms. The number of benzene rings is 2. The zero-order chi connectivity index (χ0) is 14.0. The van der Waals surface area contributed by atoms with Gasteiger partial charge >= 0.3 is 0 Å². The number of methoxy groups -OCH3 is 1. The van der Waals surface area contributed by atoms with Crippen LogP contribution in [0.15, 0.2) is 36.9 Å². The summed E-state index contributed by atoms with van der Waals surface area (Å²) < 4.78 is 5.39. The molecule has 2 aromatic carbocycles. The van der Waals surface area contributed by atoms with Crippen molar-refractivity contribution in [2.24, 2.45) is 0 Å². The maximum absolute atomic E-state index is 5.39. The van der Waals surface area contributed by atoms with E-state index in [0.29, 0.717) is 0 Å². The van der Waals surface area contributed by atoms with E-state index in [-0.39, 0.29) is 0 Å². The van der Waals surface area contributed by atoms with E-state index >= 15 is 0 Å². The van der Waals surface area contributed by atoms with Crippen LogP contribution in [0.3, 0.4) is 0 Å². The molecule has 0 spiro atoms. The van der Waals surface area contributed by atoms with Crippen LogP contribution in [-0.4, -0.2) is 7.11 Å². The number of hydrogen-bond donors (Lipinski definition) is 0. The van der Waals surface area contributed by atoms with Gasteiger partial charge in [0, 0.05) is 5.56 Å². The second kappa shape index (κ2) is 5.31. The first-order valence-corrected chi connectivity index (χ1v) is 6.45. The fraction of sp³-hybridized carbons (Fsp3) is 0.222. The van der Waals surface area contributed by atoms with Gasteiger partial charge in [-0.25, -0.2) is 0 Å². The Labute approximate surface area is 115 Å². The van der Waals surface area contributed by atoms with Crippen molar-refractivity contribution in [3.8, 4) is 16.9 Å². The van der Waals surface area contributed by atoms with E-state index in [2.05, 4.69) is 57.7 Å². The van der Waals surface area contributed by atoms with E-state index in [9.17, 15) is 0 Å². The second-order valence-corrected chi connectivity index (χ2v) is 4.93. The van der Waals surface area contributed by atoms with Gasteiger partial charge in [0.05, 0.1) is 7.11 Å². The molecule has 0 amide bonds. The van der Waals surface area contributed by atoms with Crippen LogP contribution in [0.5, 0.6) is 5.75 Å². The molecule has 1 nitrogen and oxygen atoms in total. The van der Waals surface area contributed by atoms with E-state index < -0.39 is 0 Å². The molecule has 2 aromatic rings. The first kappa shape index (κ1) is 13.4. The molecule has 0 aliphatic rings. The Morgan fingerprint density at radius 3 is 2.26 bits per heavy atom. The van der Waals surface area contributed by atoms with Gasteiger partial charge in [-0.1, -0.05) is 36.4 Å². The van der Waals surface area contributed by atoms with Crippen LogP contribution in [0.25, 0.3) is 17.2 Å². The van der Waals surface area contributed by atoms with E-state index in [1.807, 2.05) is 6.08 Å². The van der Waals surface area contributed by atoms with Gasteiger partial charge in [-0.05, 0) is 55.2 Å². The van der Waals surface area contributed by atoms with Crippen molar-refractivity contribution in [3.05, 3.63) is 59.2 Å². The first-order valence-electron chi connectivity index (χ1n) is 6.45. The van der Waals surface area contributed by atoms with Crippen molar-refractivity contribution in [2.45, 2.75) is 20.8 Å². The molecule has 0 saturated heterocycles. The van der Waals surface area contributed by atoms with E-state index in [1.54, 1.807) is 7.11 Å². The maximum Gasteiger partial charge on any atom is 0.126 e. The van der Waals surface area contributed by atoms with E-state index in [0.717, 1.165) is 11.3 Å². The summed E-state index contributed by atoms with van der Waals surface area (Å²) in [6.45, 7) is 10.2. The lowest BCUT2D eigenvalue weighted by molar-refractivity contribution is 0.413. The minimum Gasteiger partial charge on any atom is -0.496 e. The quantitative estimate of drug-likeness (QED) is 0.752. The molecule has 0 N–H and O–H groups in total. The van der Waals surface area contributed by atoms with Crippen LogP contribution >= 0.6 is 0 Å². The highest BCUT2D eigenvalue weighted by Crippen LogP contribution is 2.33. The van der Waals surface area contributed by atoms with Crippen molar-refractivity contribution in [1.82, 2.24) is 0 Å². The Balaban J connectivity index is 2.68. The highest BCUT2D eigenvalue weighted by molar-refractivity contribution is 5.75. The minimum atomic E-state index is 0.876. The van der Waals surface area contributed by atoms with Crippen LogP contribution < -0.4 is 4.74 Å². The van der Waals surface area contributed by atoms with Gasteiger partial charge in [0.15, 0.2) is 0 Å². The SMILES string of the molecule is C=Cc1cc(-c2cc(C)ccc2C)c(C)cc1OC. The molecule has 0 aliphatic heterocycles. The van der Waals surface area contributed by atoms with Gasteiger partial charge in [-0.15, -0.1) is 0 Å². The Morgan fingerprint density at radius 1 is 0.947 bits per heavy atom. The molecule has 0 unspecified atom stereocenters. The number of rotatable bonds is 3. The molecule has 0 aromatic heterocycles. The molecular weight excluding hydrogens is 232 g/mol. The lowest BCUT2D eigenvalue weighted by Gasteiger charge is -2.14. The van der Waals surface area contributed by atoms with Crippen LogP contribution in [0.4, 0.5) is 0 Å². The predicted octanol–water partition coefficient (Wildman–Crippen LogP) is 4.93. The zero-order valence-electron chi connectivity index (χ0n) is 12.1. The maximum atomic E-state index is 5.39. The summed E-state index contributed by atoms with van der Waals surface area (Å²) in [5, 5.41) is 0. The van der Waals surface area contributed by atoms with Crippen molar-refractivity contribution in [1.29, 1.82) is 0 Å². The third-order valence-electron chi connectivity index (χ3n) is 3.48. The van der Waals surface area contributed by atoms with Gasteiger partial charge in [-0.2, -0.15) is 0 Å². The highest BCUT2D eigenvalue weighted by atomic mass is 16.5. The molecule has 0 bridgehead atoms. The Morgan fingerprint density at radius 2 is 1.63 bits per heavy atom. The van der Waals surface area contributed by atoms with Crippen LogP contribution in [0.1, 0.15) is 22.3 Å². The minimum absolute atomic E-state index is 0.876. The average molecular weight is 252 g/mol. The molecule has 0 aliphatic carbocycles. The number of hydrogen-bond acceptors (Lipinski definition) is 1. The van der Waals surface area contributed by atoms with Gasteiger partial charge < -0.3 is 4.74 Å². The fourth-order valence-electron chi connectivity index (χ4n) is 2.35. The molecule has 0 saturated carbocycles.